The van der Waals surface area contributed by atoms with Crippen LogP contribution in [0.15, 0.2) is 22.6 Å². The average Bonchev–Trinajstić information content (AvgIpc) is 2.59. The maximum atomic E-state index is 10.9. The lowest BCUT2D eigenvalue weighted by molar-refractivity contribution is 0.0967. The molecule has 6 heteroatoms. The van der Waals surface area contributed by atoms with Crippen molar-refractivity contribution in [1.29, 1.82) is 0 Å². The fraction of sp³-hybridized carbons (Fsp3) is 0. The van der Waals surface area contributed by atoms with Gasteiger partial charge in [0.25, 0.3) is 5.89 Å². The van der Waals surface area contributed by atoms with Crippen molar-refractivity contribution in [1.82, 2.24) is 4.98 Å². The number of amides is 2. The van der Waals surface area contributed by atoms with Crippen molar-refractivity contribution in [2.24, 2.45) is 11.5 Å². The van der Waals surface area contributed by atoms with Gasteiger partial charge in [-0.2, -0.15) is 0 Å². The van der Waals surface area contributed by atoms with Gasteiger partial charge in [-0.1, -0.05) is 0 Å². The first-order valence-electron chi connectivity index (χ1n) is 4.08. The van der Waals surface area contributed by atoms with Crippen molar-refractivity contribution in [3.63, 3.8) is 0 Å². The third-order valence-electron chi connectivity index (χ3n) is 1.88. The first-order chi connectivity index (χ1) is 7.08. The second-order valence-corrected chi connectivity index (χ2v) is 2.93. The highest BCUT2D eigenvalue weighted by Crippen LogP contribution is 2.16. The van der Waals surface area contributed by atoms with E-state index in [1.807, 2.05) is 0 Å². The third kappa shape index (κ3) is 1.52. The molecule has 1 heterocycles. The minimum Gasteiger partial charge on any atom is -0.432 e. The Morgan fingerprint density at radius 3 is 2.53 bits per heavy atom. The van der Waals surface area contributed by atoms with E-state index in [1.165, 1.54) is 18.2 Å². The summed E-state index contributed by atoms with van der Waals surface area (Å²) in [5.41, 5.74) is 11.1. The van der Waals surface area contributed by atoms with Gasteiger partial charge in [0.1, 0.15) is 5.52 Å². The van der Waals surface area contributed by atoms with E-state index in [4.69, 9.17) is 15.9 Å². The Balaban J connectivity index is 2.62. The number of oxazole rings is 1. The smallest absolute Gasteiger partial charge is 0.304 e. The van der Waals surface area contributed by atoms with E-state index in [1.54, 1.807) is 0 Å². The van der Waals surface area contributed by atoms with E-state index < -0.39 is 11.8 Å². The zero-order valence-electron chi connectivity index (χ0n) is 7.56. The molecule has 76 valence electrons. The number of aromatic nitrogens is 1. The van der Waals surface area contributed by atoms with Gasteiger partial charge >= 0.3 is 5.91 Å². The van der Waals surface area contributed by atoms with Crippen LogP contribution in [0.5, 0.6) is 0 Å². The molecule has 0 fully saturated rings. The number of nitrogens with zero attached hydrogens (tertiary/aromatic N) is 1. The molecule has 4 N–H and O–H groups in total. The molecule has 0 radical (unpaired) electrons. The first-order valence-corrected chi connectivity index (χ1v) is 4.08. The average molecular weight is 205 g/mol. The summed E-state index contributed by atoms with van der Waals surface area (Å²) in [6.45, 7) is 0. The molecule has 0 aliphatic heterocycles. The topological polar surface area (TPSA) is 112 Å². The van der Waals surface area contributed by atoms with Gasteiger partial charge in [0, 0.05) is 5.56 Å². The molecule has 1 aromatic carbocycles. The van der Waals surface area contributed by atoms with E-state index >= 15 is 0 Å². The van der Waals surface area contributed by atoms with Crippen LogP contribution >= 0.6 is 0 Å². The molecular weight excluding hydrogens is 198 g/mol. The summed E-state index contributed by atoms with van der Waals surface area (Å²) in [6, 6.07) is 4.43. The molecule has 0 unspecified atom stereocenters. The highest BCUT2D eigenvalue weighted by Gasteiger charge is 2.11. The lowest BCUT2D eigenvalue weighted by Gasteiger charge is -1.92. The molecule has 1 aromatic heterocycles. The quantitative estimate of drug-likeness (QED) is 0.719. The van der Waals surface area contributed by atoms with E-state index in [0.29, 0.717) is 16.7 Å². The van der Waals surface area contributed by atoms with Gasteiger partial charge in [-0.3, -0.25) is 9.59 Å². The van der Waals surface area contributed by atoms with Gasteiger partial charge in [-0.25, -0.2) is 4.98 Å². The maximum Gasteiger partial charge on any atom is 0.304 e. The second kappa shape index (κ2) is 3.09. The number of rotatable bonds is 2. The Morgan fingerprint density at radius 2 is 1.93 bits per heavy atom. The van der Waals surface area contributed by atoms with E-state index in [2.05, 4.69) is 4.98 Å². The first kappa shape index (κ1) is 9.20. The molecule has 0 spiro atoms. The Bertz CT molecular complexity index is 547. The number of nitrogens with two attached hydrogens (primary N) is 2. The van der Waals surface area contributed by atoms with Crippen LogP contribution in [0.3, 0.4) is 0 Å². The number of benzene rings is 1. The Kier molecular flexibility index (Phi) is 1.89. The second-order valence-electron chi connectivity index (χ2n) is 2.93. The highest BCUT2D eigenvalue weighted by molar-refractivity contribution is 5.97. The molecule has 0 bridgehead atoms. The molecule has 0 aliphatic rings. The maximum absolute atomic E-state index is 10.9. The number of hydrogen-bond donors (Lipinski definition) is 2. The van der Waals surface area contributed by atoms with Gasteiger partial charge in [0.15, 0.2) is 5.58 Å². The van der Waals surface area contributed by atoms with Gasteiger partial charge in [-0.15, -0.1) is 0 Å². The minimum atomic E-state index is -0.758. The SMILES string of the molecule is NC(=O)c1ccc2oc(C(N)=O)nc2c1. The van der Waals surface area contributed by atoms with Crippen LogP contribution in [0, 0.1) is 0 Å². The predicted molar refractivity (Wildman–Crippen MR) is 51.0 cm³/mol. The summed E-state index contributed by atoms with van der Waals surface area (Å²) in [6.07, 6.45) is 0. The molecule has 2 amide bonds. The number of carbonyl (C=O) groups is 2. The normalized spacial score (nSPS) is 10.4. The lowest BCUT2D eigenvalue weighted by Crippen LogP contribution is -2.11. The summed E-state index contributed by atoms with van der Waals surface area (Å²) < 4.78 is 5.03. The third-order valence-corrected chi connectivity index (χ3v) is 1.88. The molecule has 0 aliphatic carbocycles. The van der Waals surface area contributed by atoms with Gasteiger partial charge in [0.2, 0.25) is 5.91 Å². The van der Waals surface area contributed by atoms with Crippen LogP contribution in [0.2, 0.25) is 0 Å². The van der Waals surface area contributed by atoms with Crippen molar-refractivity contribution in [2.75, 3.05) is 0 Å². The summed E-state index contributed by atoms with van der Waals surface area (Å²) in [7, 11) is 0. The van der Waals surface area contributed by atoms with E-state index in [0.717, 1.165) is 0 Å². The fourth-order valence-electron chi connectivity index (χ4n) is 1.19. The van der Waals surface area contributed by atoms with Crippen LogP contribution in [0.1, 0.15) is 21.0 Å². The van der Waals surface area contributed by atoms with Crippen LogP contribution < -0.4 is 11.5 Å². The van der Waals surface area contributed by atoms with Crippen molar-refractivity contribution in [3.8, 4) is 0 Å². The zero-order chi connectivity index (χ0) is 11.0. The van der Waals surface area contributed by atoms with Gasteiger partial charge in [0.05, 0.1) is 0 Å². The molecule has 0 atom stereocenters. The lowest BCUT2D eigenvalue weighted by atomic mass is 10.2. The van der Waals surface area contributed by atoms with Gasteiger partial charge < -0.3 is 15.9 Å². The molecule has 0 saturated carbocycles. The predicted octanol–water partition coefficient (Wildman–Crippen LogP) is 0.0256. The number of hydrogen-bond acceptors (Lipinski definition) is 4. The van der Waals surface area contributed by atoms with Crippen molar-refractivity contribution in [3.05, 3.63) is 29.7 Å². The van der Waals surface area contributed by atoms with E-state index in [9.17, 15) is 9.59 Å². The summed E-state index contributed by atoms with van der Waals surface area (Å²) in [5, 5.41) is 0. The summed E-state index contributed by atoms with van der Waals surface area (Å²) in [5.74, 6) is -1.51. The van der Waals surface area contributed by atoms with Crippen molar-refractivity contribution < 1.29 is 14.0 Å². The molecule has 6 nitrogen and oxygen atoms in total. The molecule has 0 saturated heterocycles. The largest absolute Gasteiger partial charge is 0.432 e. The molecular formula is C9H7N3O3. The zero-order valence-corrected chi connectivity index (χ0v) is 7.56. The highest BCUT2D eigenvalue weighted by atomic mass is 16.4. The van der Waals surface area contributed by atoms with Crippen LogP contribution in [-0.4, -0.2) is 16.8 Å². The Labute approximate surface area is 83.9 Å². The standard InChI is InChI=1S/C9H7N3O3/c10-7(13)4-1-2-6-5(3-4)12-9(15-6)8(11)14/h1-3H,(H2,10,13)(H2,11,14). The molecule has 2 aromatic rings. The molecule has 2 rings (SSSR count). The number of fused-ring (bicyclic) bond motifs is 1. The van der Waals surface area contributed by atoms with E-state index in [-0.39, 0.29) is 5.89 Å². The number of primary amides is 2. The van der Waals surface area contributed by atoms with Crippen molar-refractivity contribution >= 4 is 22.9 Å². The van der Waals surface area contributed by atoms with Crippen LogP contribution in [-0.2, 0) is 0 Å². The summed E-state index contributed by atoms with van der Waals surface area (Å²) >= 11 is 0. The Morgan fingerprint density at radius 1 is 1.20 bits per heavy atom. The van der Waals surface area contributed by atoms with Crippen molar-refractivity contribution in [2.45, 2.75) is 0 Å². The number of carbonyl (C=O) groups excluding carboxylic acids is 2. The fourth-order valence-corrected chi connectivity index (χ4v) is 1.19. The molecule has 15 heavy (non-hydrogen) atoms. The minimum absolute atomic E-state index is 0.188. The van der Waals surface area contributed by atoms with Crippen LogP contribution in [0.4, 0.5) is 0 Å². The Hall–Kier alpha value is -2.37. The monoisotopic (exact) mass is 205 g/mol. The summed E-state index contributed by atoms with van der Waals surface area (Å²) in [4.78, 5) is 25.4. The van der Waals surface area contributed by atoms with Gasteiger partial charge in [-0.05, 0) is 18.2 Å². The van der Waals surface area contributed by atoms with Crippen LogP contribution in [0.25, 0.3) is 11.1 Å².